The van der Waals surface area contributed by atoms with E-state index in [1.165, 1.54) is 23.3 Å². The summed E-state index contributed by atoms with van der Waals surface area (Å²) in [5.41, 5.74) is 5.28. The van der Waals surface area contributed by atoms with Crippen molar-refractivity contribution in [3.8, 4) is 22.8 Å². The fourth-order valence-corrected chi connectivity index (χ4v) is 2.90. The summed E-state index contributed by atoms with van der Waals surface area (Å²) in [5, 5.41) is 14.8. The van der Waals surface area contributed by atoms with Gasteiger partial charge in [0.1, 0.15) is 11.4 Å². The highest BCUT2D eigenvalue weighted by Crippen LogP contribution is 2.28. The van der Waals surface area contributed by atoms with Crippen LogP contribution in [-0.4, -0.2) is 19.9 Å². The van der Waals surface area contributed by atoms with Crippen molar-refractivity contribution < 1.29 is 5.11 Å². The number of aromatic hydroxyl groups is 1. The molecule has 0 amide bonds. The minimum absolute atomic E-state index is 0.0625. The molecule has 1 heterocycles. The van der Waals surface area contributed by atoms with Gasteiger partial charge in [-0.05, 0) is 74.2 Å². The number of phenolic OH excluding ortho intramolecular Hbond substituents is 1. The highest BCUT2D eigenvalue weighted by atomic mass is 35.5. The Morgan fingerprint density at radius 2 is 1.79 bits per heavy atom. The number of aryl methyl sites for hydroxylation is 1. The predicted molar refractivity (Wildman–Crippen MR) is 95.2 cm³/mol. The Balaban J connectivity index is 2.21. The average Bonchev–Trinajstić information content (AvgIpc) is 2.92. The summed E-state index contributed by atoms with van der Waals surface area (Å²) < 4.78 is 1.13. The molecule has 2 N–H and O–H groups in total. The van der Waals surface area contributed by atoms with Crippen LogP contribution in [0.3, 0.4) is 0 Å². The minimum Gasteiger partial charge on any atom is -0.506 e. The SMILES string of the molecule is Cc1cc(-c2nn(-c3cc(Cl)ccc3O)c(=O)[nH]2)c(C)c(C)c1C. The lowest BCUT2D eigenvalue weighted by molar-refractivity contribution is 0.470. The second kappa shape index (κ2) is 5.83. The number of rotatable bonds is 2. The Morgan fingerprint density at radius 3 is 2.50 bits per heavy atom. The number of H-pyrrole nitrogens is 1. The van der Waals surface area contributed by atoms with Crippen molar-refractivity contribution in [2.24, 2.45) is 0 Å². The highest BCUT2D eigenvalue weighted by Gasteiger charge is 2.16. The molecule has 24 heavy (non-hydrogen) atoms. The van der Waals surface area contributed by atoms with Crippen LogP contribution in [0.1, 0.15) is 22.3 Å². The molecule has 3 rings (SSSR count). The maximum atomic E-state index is 12.3. The normalized spacial score (nSPS) is 11.0. The molecule has 2 aromatic carbocycles. The molecule has 0 atom stereocenters. The van der Waals surface area contributed by atoms with Crippen molar-refractivity contribution in [3.05, 3.63) is 62.0 Å². The summed E-state index contributed by atoms with van der Waals surface area (Å²) in [6.07, 6.45) is 0. The monoisotopic (exact) mass is 343 g/mol. The Labute approximate surface area is 144 Å². The Kier molecular flexibility index (Phi) is 3.97. The summed E-state index contributed by atoms with van der Waals surface area (Å²) >= 11 is 5.96. The van der Waals surface area contributed by atoms with E-state index < -0.39 is 5.69 Å². The molecule has 0 radical (unpaired) electrons. The number of halogens is 1. The van der Waals surface area contributed by atoms with Gasteiger partial charge in [0.2, 0.25) is 0 Å². The molecule has 0 bridgehead atoms. The third kappa shape index (κ3) is 2.61. The zero-order valence-corrected chi connectivity index (χ0v) is 14.7. The van der Waals surface area contributed by atoms with Crippen LogP contribution in [0, 0.1) is 27.7 Å². The number of nitrogens with zero attached hydrogens (tertiary/aromatic N) is 2. The van der Waals surface area contributed by atoms with Gasteiger partial charge in [0.25, 0.3) is 0 Å². The molecule has 0 unspecified atom stereocenters. The first-order valence-electron chi connectivity index (χ1n) is 7.55. The fourth-order valence-electron chi connectivity index (χ4n) is 2.73. The van der Waals surface area contributed by atoms with Crippen molar-refractivity contribution in [1.82, 2.24) is 14.8 Å². The number of aromatic amines is 1. The molecule has 0 aliphatic rings. The highest BCUT2D eigenvalue weighted by molar-refractivity contribution is 6.30. The van der Waals surface area contributed by atoms with Gasteiger partial charge in [-0.15, -0.1) is 5.10 Å². The first-order chi connectivity index (χ1) is 11.3. The Morgan fingerprint density at radius 1 is 1.08 bits per heavy atom. The molecular weight excluding hydrogens is 326 g/mol. The van der Waals surface area contributed by atoms with Gasteiger partial charge in [0, 0.05) is 10.6 Å². The third-order valence-electron chi connectivity index (χ3n) is 4.52. The van der Waals surface area contributed by atoms with E-state index in [1.807, 2.05) is 19.9 Å². The lowest BCUT2D eigenvalue weighted by Gasteiger charge is -2.12. The number of benzene rings is 2. The van der Waals surface area contributed by atoms with E-state index in [0.29, 0.717) is 10.8 Å². The van der Waals surface area contributed by atoms with E-state index in [0.717, 1.165) is 21.4 Å². The lowest BCUT2D eigenvalue weighted by Crippen LogP contribution is -2.16. The third-order valence-corrected chi connectivity index (χ3v) is 4.75. The van der Waals surface area contributed by atoms with E-state index in [2.05, 4.69) is 23.9 Å². The van der Waals surface area contributed by atoms with Crippen molar-refractivity contribution in [1.29, 1.82) is 0 Å². The summed E-state index contributed by atoms with van der Waals surface area (Å²) in [6.45, 7) is 8.17. The first kappa shape index (κ1) is 16.3. The van der Waals surface area contributed by atoms with Crippen LogP contribution in [0.15, 0.2) is 29.1 Å². The molecule has 3 aromatic rings. The largest absolute Gasteiger partial charge is 0.506 e. The van der Waals surface area contributed by atoms with Gasteiger partial charge in [0.05, 0.1) is 0 Å². The van der Waals surface area contributed by atoms with Crippen LogP contribution < -0.4 is 5.69 Å². The first-order valence-corrected chi connectivity index (χ1v) is 7.93. The average molecular weight is 344 g/mol. The standard InChI is InChI=1S/C18H18ClN3O2/c1-9-7-14(12(4)11(3)10(9)2)17-20-18(24)22(21-17)15-8-13(19)5-6-16(15)23/h5-8,23H,1-4H3,(H,20,21,24). The van der Waals surface area contributed by atoms with Crippen molar-refractivity contribution in [2.75, 3.05) is 0 Å². The van der Waals surface area contributed by atoms with Crippen LogP contribution in [0.4, 0.5) is 0 Å². The maximum Gasteiger partial charge on any atom is 0.348 e. The van der Waals surface area contributed by atoms with Crippen LogP contribution in [-0.2, 0) is 0 Å². The van der Waals surface area contributed by atoms with E-state index in [4.69, 9.17) is 11.6 Å². The second-order valence-electron chi connectivity index (χ2n) is 5.94. The number of hydrogen-bond acceptors (Lipinski definition) is 3. The summed E-state index contributed by atoms with van der Waals surface area (Å²) in [7, 11) is 0. The Bertz CT molecular complexity index is 1000. The molecule has 0 aliphatic heterocycles. The fraction of sp³-hybridized carbons (Fsp3) is 0.222. The summed E-state index contributed by atoms with van der Waals surface area (Å²) in [6, 6.07) is 6.50. The van der Waals surface area contributed by atoms with Gasteiger partial charge in [-0.25, -0.2) is 4.79 Å². The molecule has 0 saturated carbocycles. The molecular formula is C18H18ClN3O2. The minimum atomic E-state index is -0.433. The van der Waals surface area contributed by atoms with Gasteiger partial charge < -0.3 is 5.11 Å². The van der Waals surface area contributed by atoms with Crippen molar-refractivity contribution in [3.63, 3.8) is 0 Å². The van der Waals surface area contributed by atoms with Crippen LogP contribution in [0.5, 0.6) is 5.75 Å². The zero-order chi connectivity index (χ0) is 17.6. The van der Waals surface area contributed by atoms with Gasteiger partial charge in [-0.1, -0.05) is 11.6 Å². The smallest absolute Gasteiger partial charge is 0.348 e. The van der Waals surface area contributed by atoms with E-state index in [-0.39, 0.29) is 11.4 Å². The molecule has 6 heteroatoms. The van der Waals surface area contributed by atoms with Crippen LogP contribution >= 0.6 is 11.6 Å². The molecule has 0 saturated heterocycles. The van der Waals surface area contributed by atoms with Gasteiger partial charge in [0.15, 0.2) is 5.82 Å². The molecule has 0 fully saturated rings. The predicted octanol–water partition coefficient (Wildman–Crippen LogP) is 3.82. The van der Waals surface area contributed by atoms with Crippen molar-refractivity contribution in [2.45, 2.75) is 27.7 Å². The quantitative estimate of drug-likeness (QED) is 0.743. The number of aromatic nitrogens is 3. The number of nitrogens with one attached hydrogen (secondary N) is 1. The summed E-state index contributed by atoms with van der Waals surface area (Å²) in [4.78, 5) is 15.1. The lowest BCUT2D eigenvalue weighted by atomic mass is 9.94. The molecule has 1 aromatic heterocycles. The van der Waals surface area contributed by atoms with E-state index >= 15 is 0 Å². The van der Waals surface area contributed by atoms with E-state index in [9.17, 15) is 9.90 Å². The molecule has 0 aliphatic carbocycles. The molecule has 124 valence electrons. The Hall–Kier alpha value is -2.53. The number of hydrogen-bond donors (Lipinski definition) is 2. The molecule has 5 nitrogen and oxygen atoms in total. The van der Waals surface area contributed by atoms with Crippen molar-refractivity contribution >= 4 is 11.6 Å². The van der Waals surface area contributed by atoms with Gasteiger partial charge in [-0.3, -0.25) is 4.98 Å². The van der Waals surface area contributed by atoms with Crippen LogP contribution in [0.25, 0.3) is 17.1 Å². The van der Waals surface area contributed by atoms with E-state index in [1.54, 1.807) is 6.07 Å². The maximum absolute atomic E-state index is 12.3. The molecule has 0 spiro atoms. The zero-order valence-electron chi connectivity index (χ0n) is 13.9. The second-order valence-corrected chi connectivity index (χ2v) is 6.38. The topological polar surface area (TPSA) is 70.9 Å². The van der Waals surface area contributed by atoms with Crippen LogP contribution in [0.2, 0.25) is 5.02 Å². The van der Waals surface area contributed by atoms with Gasteiger partial charge >= 0.3 is 5.69 Å². The number of phenols is 1. The van der Waals surface area contributed by atoms with Gasteiger partial charge in [-0.2, -0.15) is 4.68 Å². The summed E-state index contributed by atoms with van der Waals surface area (Å²) in [5.74, 6) is 0.399.